The second kappa shape index (κ2) is 43.4. The second-order valence-corrected chi connectivity index (χ2v) is 31.9. The van der Waals surface area contributed by atoms with E-state index < -0.39 is 235 Å². The van der Waals surface area contributed by atoms with Gasteiger partial charge in [0.1, 0.15) is 78.6 Å². The molecule has 1 unspecified atom stereocenters. The number of anilines is 1. The van der Waals surface area contributed by atoms with Gasteiger partial charge in [-0.3, -0.25) is 76.8 Å². The van der Waals surface area contributed by atoms with Gasteiger partial charge in [-0.1, -0.05) is 145 Å². The third kappa shape index (κ3) is 25.7. The van der Waals surface area contributed by atoms with Crippen LogP contribution in [0.2, 0.25) is 0 Å². The van der Waals surface area contributed by atoms with Crippen molar-refractivity contribution in [2.45, 2.75) is 238 Å². The Morgan fingerprint density at radius 2 is 1.21 bits per heavy atom. The first-order valence-electron chi connectivity index (χ1n) is 37.9. The van der Waals surface area contributed by atoms with Crippen LogP contribution in [0.5, 0.6) is 0 Å². The first-order valence-corrected chi connectivity index (χ1v) is 40.4. The summed E-state index contributed by atoms with van der Waals surface area (Å²) in [5, 5.41) is 52.1. The van der Waals surface area contributed by atoms with Gasteiger partial charge in [-0.15, -0.1) is 0 Å². The molecule has 2 aromatic carbocycles. The van der Waals surface area contributed by atoms with Crippen molar-refractivity contribution in [2.75, 3.05) is 36.7 Å². The number of amides is 14. The van der Waals surface area contributed by atoms with E-state index in [2.05, 4.69) is 70.4 Å². The molecule has 2 aromatic rings. The van der Waals surface area contributed by atoms with Crippen LogP contribution in [0.15, 0.2) is 66.9 Å². The van der Waals surface area contributed by atoms with E-state index in [1.807, 2.05) is 6.92 Å². The number of nitrogens with one attached hydrogen (secondary N) is 12. The Kier molecular flexibility index (Phi) is 35.3. The Labute approximate surface area is 659 Å². The second-order valence-electron chi connectivity index (χ2n) is 29.4. The van der Waals surface area contributed by atoms with E-state index in [0.717, 1.165) is 31.4 Å². The summed E-state index contributed by atoms with van der Waals surface area (Å²) in [5.41, 5.74) is 0.155. The Hall–Kier alpha value is -9.68. The van der Waals surface area contributed by atoms with Crippen LogP contribution in [0.4, 0.5) is 5.69 Å². The molecule has 2 fully saturated rings. The summed E-state index contributed by atoms with van der Waals surface area (Å²) < 4.78 is 11.7. The number of nitrogens with zero attached hydrogens (tertiary/aromatic N) is 2. The smallest absolute Gasteiger partial charge is 0.331 e. The minimum atomic E-state index is -2.04. The lowest BCUT2D eigenvalue weighted by atomic mass is 9.96. The highest BCUT2D eigenvalue weighted by atomic mass is 33.1. The molecular weight excluding hydrogens is 1490 g/mol. The van der Waals surface area contributed by atoms with Crippen molar-refractivity contribution in [3.05, 3.63) is 78.0 Å². The van der Waals surface area contributed by atoms with Gasteiger partial charge in [-0.05, 0) is 93.4 Å². The minimum Gasteiger partial charge on any atom is -0.481 e. The molecule has 616 valence electrons. The van der Waals surface area contributed by atoms with Crippen molar-refractivity contribution in [3.63, 3.8) is 0 Å². The number of carboxylic acids is 1. The van der Waals surface area contributed by atoms with Crippen molar-refractivity contribution in [1.82, 2.24) is 68.7 Å². The van der Waals surface area contributed by atoms with Gasteiger partial charge in [-0.2, -0.15) is 0 Å². The van der Waals surface area contributed by atoms with Crippen molar-refractivity contribution in [3.8, 4) is 0 Å². The first-order chi connectivity index (χ1) is 53.0. The molecule has 5 heterocycles. The number of fused-ring (bicyclic) bond motifs is 9. The summed E-state index contributed by atoms with van der Waals surface area (Å²) in [5.74, 6) is -19.4. The lowest BCUT2D eigenvalue weighted by Crippen LogP contribution is -2.64. The number of aliphatic hydroxyl groups excluding tert-OH is 1. The number of carbonyl (C=O) groups is 16. The van der Waals surface area contributed by atoms with Crippen LogP contribution in [0.3, 0.4) is 0 Å². The lowest BCUT2D eigenvalue weighted by Gasteiger charge is -2.38. The largest absolute Gasteiger partial charge is 0.481 e. The number of hydrogen-bond acceptors (Lipinski definition) is 21. The molecule has 0 aromatic heterocycles. The summed E-state index contributed by atoms with van der Waals surface area (Å²) in [6.07, 6.45) is -3.86. The maximum absolute atomic E-state index is 15.8. The molecule has 2 saturated heterocycles. The van der Waals surface area contributed by atoms with Crippen LogP contribution in [0, 0.1) is 23.7 Å². The molecule has 5 aliphatic heterocycles. The third-order valence-corrected chi connectivity index (χ3v) is 22.8. The summed E-state index contributed by atoms with van der Waals surface area (Å²) in [4.78, 5) is 238. The Bertz CT molecular complexity index is 3740. The molecule has 0 radical (unpaired) electrons. The number of carboxylic acid groups (broad SMARTS) is 1. The average molecular weight is 1600 g/mol. The van der Waals surface area contributed by atoms with E-state index >= 15 is 33.6 Å². The van der Waals surface area contributed by atoms with Crippen LogP contribution < -0.4 is 68.7 Å². The molecule has 0 saturated carbocycles. The average Bonchev–Trinajstić information content (AvgIpc) is 0.850. The van der Waals surface area contributed by atoms with Gasteiger partial charge in [0.15, 0.2) is 6.04 Å². The Morgan fingerprint density at radius 1 is 0.616 bits per heavy atom. The van der Waals surface area contributed by atoms with E-state index in [4.69, 9.17) is 9.47 Å². The number of benzene rings is 2. The lowest BCUT2D eigenvalue weighted by molar-refractivity contribution is -0.157. The van der Waals surface area contributed by atoms with Crippen LogP contribution in [0.25, 0.3) is 0 Å². The maximum Gasteiger partial charge on any atom is 0.331 e. The zero-order valence-electron chi connectivity index (χ0n) is 65.4. The molecule has 5 aliphatic rings. The van der Waals surface area contributed by atoms with Gasteiger partial charge >= 0.3 is 11.9 Å². The monoisotopic (exact) mass is 1600 g/mol. The van der Waals surface area contributed by atoms with Crippen LogP contribution in [0.1, 0.15) is 145 Å². The van der Waals surface area contributed by atoms with E-state index in [1.54, 1.807) is 78.8 Å². The fourth-order valence-corrected chi connectivity index (χ4v) is 15.2. The highest BCUT2D eigenvalue weighted by Gasteiger charge is 2.46. The molecule has 0 spiro atoms. The van der Waals surface area contributed by atoms with Crippen LogP contribution >= 0.6 is 21.6 Å². The Morgan fingerprint density at radius 3 is 1.81 bits per heavy atom. The third-order valence-electron chi connectivity index (χ3n) is 20.4. The highest BCUT2D eigenvalue weighted by Crippen LogP contribution is 2.29. The van der Waals surface area contributed by atoms with Gasteiger partial charge < -0.3 is 88.4 Å². The zero-order chi connectivity index (χ0) is 83.0. The fraction of sp³-hybridized carbons (Fsp3) is 0.605. The molecule has 18 atom stereocenters. The quantitative estimate of drug-likeness (QED) is 0.0529. The molecule has 36 heteroatoms. The number of esters is 1. The van der Waals surface area contributed by atoms with E-state index in [0.29, 0.717) is 18.4 Å². The summed E-state index contributed by atoms with van der Waals surface area (Å²) in [7, 11) is 3.01. The standard InChI is InChI=1S/C76H110N14O20S2/c1-14-39(6)31-49-66(98)86-59(38(4)5)75(107)90-48-26-24-47(25-27-48)34-52-74(106)89-30-20-23-56(89)70(102)85-55(69(101)87-60(41(8)16-3)71(103)78-43(10)64(96)80-49)37-112-111-36-54(79-57(92)28-29-58(93)94)68(100)82-51(33-46-21-18-17-19-22-46)65(97)77-42(9)63(95)81-50(32-40(7)15-2)67(99)88-61(72(104)83-52)44(11)110-76(108)53(35-91)84-73(105)62(90)45(12)109-13/h17-19,21-22,24-27,38-42,44-45,49-56,59-62,91H,10,14-16,20,23,28-37H2,1-9,11-13H3,(H,77,97)(H,78,103)(H,79,92)(H,80,96)(H,81,95)(H,82,100)(H,83,104)(H,84,105)(H,85,102)(H,86,98)(H,87,101)(H,88,99)(H,93,94)/t39-,40+,41+,42-,44-,45-,49+,50?,51+,52-,53+,54-,55+,56+,59-,60+,61-,62+/m1/s1. The fourth-order valence-electron chi connectivity index (χ4n) is 12.9. The van der Waals surface area contributed by atoms with Crippen LogP contribution in [-0.4, -0.2) is 232 Å². The molecule has 0 aliphatic carbocycles. The number of hydrogen-bond donors (Lipinski definition) is 14. The van der Waals surface area contributed by atoms with Gasteiger partial charge in [0, 0.05) is 50.1 Å². The SMILES string of the molecule is C=C1NC(=O)[C@H]([C@@H](C)CC)NC(=O)[C@@H]2CSSC[C@@H](NC(=O)CCC(=O)O)C(=O)N[C@@H](Cc3ccccc3)C(=O)N[C@H](C)C(=O)NC(C[C@@H](C)CC)C(=O)N[C@H]3C(=O)N[C@H](Cc4ccc(cc4)N(C(=O)[C@@H](C(C)C)NC(=O)[C@H](C[C@H](C)CC)NC1=O)[C@@H]([C@@H](C)OC)C(=O)N[C@@H](CO)C(=O)O[C@@H]3C)C(=O)N1CCC[C@H]1C(=O)N2. The number of carbonyl (C=O) groups excluding carboxylic acids is 15. The molecule has 14 N–H and O–H groups in total. The normalized spacial score (nSPS) is 27.8. The zero-order valence-corrected chi connectivity index (χ0v) is 67.1. The predicted octanol–water partition coefficient (Wildman–Crippen LogP) is -0.0326. The van der Waals surface area contributed by atoms with Gasteiger partial charge in [0.25, 0.3) is 11.8 Å². The molecule has 7 rings (SSSR count). The number of rotatable bonds is 18. The molecule has 34 nitrogen and oxygen atoms in total. The highest BCUT2D eigenvalue weighted by molar-refractivity contribution is 8.76. The van der Waals surface area contributed by atoms with Gasteiger partial charge in [0.2, 0.25) is 70.9 Å². The van der Waals surface area contributed by atoms with E-state index in [1.165, 1.54) is 52.1 Å². The van der Waals surface area contributed by atoms with Gasteiger partial charge in [0.05, 0.1) is 24.8 Å². The molecule has 14 amide bonds. The van der Waals surface area contributed by atoms with Crippen LogP contribution in [-0.2, 0) is 99.0 Å². The van der Waals surface area contributed by atoms with Crippen molar-refractivity contribution in [1.29, 1.82) is 0 Å². The molecule has 6 bridgehead atoms. The topological polar surface area (TPSA) is 483 Å². The van der Waals surface area contributed by atoms with Crippen molar-refractivity contribution < 1.29 is 96.4 Å². The van der Waals surface area contributed by atoms with Crippen molar-refractivity contribution >= 4 is 122 Å². The first kappa shape index (κ1) is 91.2. The van der Waals surface area contributed by atoms with Crippen molar-refractivity contribution in [2.24, 2.45) is 23.7 Å². The number of methoxy groups -OCH3 is 1. The summed E-state index contributed by atoms with van der Waals surface area (Å²) in [6, 6.07) is -7.17. The maximum atomic E-state index is 15.8. The van der Waals surface area contributed by atoms with E-state index in [-0.39, 0.29) is 73.9 Å². The number of ether oxygens (including phenoxy) is 2. The number of aliphatic hydroxyl groups is 1. The Balaban J connectivity index is 1.64. The van der Waals surface area contributed by atoms with Gasteiger partial charge in [-0.25, -0.2) is 4.79 Å². The predicted molar refractivity (Wildman–Crippen MR) is 414 cm³/mol. The minimum absolute atomic E-state index is 0.0351. The number of aliphatic carboxylic acids is 1. The summed E-state index contributed by atoms with van der Waals surface area (Å²) >= 11 is 0. The van der Waals surface area contributed by atoms with E-state index in [9.17, 15) is 53.4 Å². The molecular formula is C76H110N14O20S2. The summed E-state index contributed by atoms with van der Waals surface area (Å²) in [6.45, 7) is 20.1. The molecule has 112 heavy (non-hydrogen) atoms.